The monoisotopic (exact) mass is 235 g/mol. The Bertz CT molecular complexity index is 379. The van der Waals surface area contributed by atoms with E-state index in [1.807, 2.05) is 26.0 Å². The van der Waals surface area contributed by atoms with Crippen molar-refractivity contribution in [2.45, 2.75) is 46.0 Å². The molecule has 1 aliphatic rings. The van der Waals surface area contributed by atoms with Crippen LogP contribution in [0.15, 0.2) is 12.1 Å². The second-order valence-corrected chi connectivity index (χ2v) is 5.60. The molecule has 0 saturated heterocycles. The fourth-order valence-corrected chi connectivity index (χ4v) is 2.82. The van der Waals surface area contributed by atoms with Crippen LogP contribution in [0.3, 0.4) is 0 Å². The van der Waals surface area contributed by atoms with Crippen molar-refractivity contribution in [2.24, 2.45) is 11.1 Å². The molecular weight excluding hydrogens is 213 g/mol. The third-order valence-corrected chi connectivity index (χ3v) is 4.29. The van der Waals surface area contributed by atoms with Crippen molar-refractivity contribution in [1.82, 2.24) is 0 Å². The van der Waals surface area contributed by atoms with Gasteiger partial charge in [-0.3, -0.25) is 0 Å². The lowest BCUT2D eigenvalue weighted by Gasteiger charge is -2.41. The first kappa shape index (κ1) is 12.6. The Hall–Kier alpha value is -0.890. The smallest absolute Gasteiger partial charge is 0.129 e. The lowest BCUT2D eigenvalue weighted by atomic mass is 9.66. The Morgan fingerprint density at radius 3 is 2.24 bits per heavy atom. The van der Waals surface area contributed by atoms with Crippen molar-refractivity contribution in [3.63, 3.8) is 0 Å². The molecule has 0 atom stereocenters. The zero-order chi connectivity index (χ0) is 12.5. The standard InChI is InChI=1S/C15H22FN/c1-11-8-13(9-12(2)14(11)16)4-7-15(10-17)5-3-6-15/h8-9H,3-7,10,17H2,1-2H3. The molecule has 1 nitrogen and oxygen atoms in total. The molecule has 0 aliphatic heterocycles. The van der Waals surface area contributed by atoms with Gasteiger partial charge in [0, 0.05) is 0 Å². The molecule has 17 heavy (non-hydrogen) atoms. The topological polar surface area (TPSA) is 26.0 Å². The average molecular weight is 235 g/mol. The van der Waals surface area contributed by atoms with E-state index in [-0.39, 0.29) is 5.82 Å². The van der Waals surface area contributed by atoms with Crippen LogP contribution in [0.2, 0.25) is 0 Å². The molecule has 94 valence electrons. The fraction of sp³-hybridized carbons (Fsp3) is 0.600. The molecular formula is C15H22FN. The zero-order valence-electron chi connectivity index (χ0n) is 10.9. The van der Waals surface area contributed by atoms with Gasteiger partial charge >= 0.3 is 0 Å². The van der Waals surface area contributed by atoms with Crippen LogP contribution in [0.25, 0.3) is 0 Å². The molecule has 0 bridgehead atoms. The zero-order valence-corrected chi connectivity index (χ0v) is 10.9. The quantitative estimate of drug-likeness (QED) is 0.849. The molecule has 0 aromatic heterocycles. The SMILES string of the molecule is Cc1cc(CCC2(CN)CCC2)cc(C)c1F. The Kier molecular flexibility index (Phi) is 3.53. The van der Waals surface area contributed by atoms with Gasteiger partial charge in [-0.1, -0.05) is 18.6 Å². The van der Waals surface area contributed by atoms with E-state index in [2.05, 4.69) is 0 Å². The summed E-state index contributed by atoms with van der Waals surface area (Å²) in [4.78, 5) is 0. The molecule has 0 amide bonds. The summed E-state index contributed by atoms with van der Waals surface area (Å²) in [5.41, 5.74) is 9.01. The highest BCUT2D eigenvalue weighted by Crippen LogP contribution is 2.43. The van der Waals surface area contributed by atoms with Crippen LogP contribution in [-0.2, 0) is 6.42 Å². The van der Waals surface area contributed by atoms with Gasteiger partial charge in [-0.05, 0) is 68.2 Å². The third-order valence-electron chi connectivity index (χ3n) is 4.29. The van der Waals surface area contributed by atoms with Crippen LogP contribution < -0.4 is 5.73 Å². The Morgan fingerprint density at radius 2 is 1.82 bits per heavy atom. The summed E-state index contributed by atoms with van der Waals surface area (Å²) < 4.78 is 13.5. The van der Waals surface area contributed by atoms with Crippen molar-refractivity contribution in [2.75, 3.05) is 6.54 Å². The molecule has 0 heterocycles. The summed E-state index contributed by atoms with van der Waals surface area (Å²) in [6.45, 7) is 4.48. The molecule has 0 unspecified atom stereocenters. The Morgan fingerprint density at radius 1 is 1.24 bits per heavy atom. The number of halogens is 1. The highest BCUT2D eigenvalue weighted by Gasteiger charge is 2.34. The summed E-state index contributed by atoms with van der Waals surface area (Å²) in [5.74, 6) is -0.0640. The fourth-order valence-electron chi connectivity index (χ4n) is 2.82. The van der Waals surface area contributed by atoms with Crippen LogP contribution in [0.1, 0.15) is 42.4 Å². The van der Waals surface area contributed by atoms with E-state index in [0.29, 0.717) is 5.41 Å². The van der Waals surface area contributed by atoms with Gasteiger partial charge in [-0.2, -0.15) is 0 Å². The Balaban J connectivity index is 2.04. The maximum atomic E-state index is 13.5. The number of rotatable bonds is 4. The van der Waals surface area contributed by atoms with E-state index in [1.54, 1.807) is 0 Å². The second-order valence-electron chi connectivity index (χ2n) is 5.60. The van der Waals surface area contributed by atoms with Crippen LogP contribution in [-0.4, -0.2) is 6.54 Å². The van der Waals surface area contributed by atoms with Gasteiger partial charge in [-0.15, -0.1) is 0 Å². The number of nitrogens with two attached hydrogens (primary N) is 1. The van der Waals surface area contributed by atoms with Gasteiger partial charge in [0.15, 0.2) is 0 Å². The molecule has 1 aromatic carbocycles. The summed E-state index contributed by atoms with van der Waals surface area (Å²) in [6.07, 6.45) is 6.02. The maximum Gasteiger partial charge on any atom is 0.129 e. The lowest BCUT2D eigenvalue weighted by molar-refractivity contribution is 0.131. The summed E-state index contributed by atoms with van der Waals surface area (Å²) in [6, 6.07) is 3.95. The molecule has 2 N–H and O–H groups in total. The van der Waals surface area contributed by atoms with E-state index in [9.17, 15) is 4.39 Å². The van der Waals surface area contributed by atoms with Crippen molar-refractivity contribution in [1.29, 1.82) is 0 Å². The van der Waals surface area contributed by atoms with E-state index >= 15 is 0 Å². The molecule has 1 aromatic rings. The molecule has 1 saturated carbocycles. The van der Waals surface area contributed by atoms with Gasteiger partial charge in [0.2, 0.25) is 0 Å². The predicted molar refractivity (Wildman–Crippen MR) is 69.5 cm³/mol. The van der Waals surface area contributed by atoms with E-state index < -0.39 is 0 Å². The minimum atomic E-state index is -0.0640. The van der Waals surface area contributed by atoms with Crippen LogP contribution in [0.5, 0.6) is 0 Å². The van der Waals surface area contributed by atoms with Crippen LogP contribution in [0, 0.1) is 25.1 Å². The maximum absolute atomic E-state index is 13.5. The van der Waals surface area contributed by atoms with Crippen molar-refractivity contribution >= 4 is 0 Å². The van der Waals surface area contributed by atoms with Gasteiger partial charge in [0.25, 0.3) is 0 Å². The molecule has 0 radical (unpaired) electrons. The van der Waals surface area contributed by atoms with Crippen molar-refractivity contribution in [3.05, 3.63) is 34.6 Å². The van der Waals surface area contributed by atoms with Crippen molar-refractivity contribution in [3.8, 4) is 0 Å². The van der Waals surface area contributed by atoms with Crippen molar-refractivity contribution < 1.29 is 4.39 Å². The minimum absolute atomic E-state index is 0.0640. The Labute approximate surface area is 103 Å². The van der Waals surface area contributed by atoms with Gasteiger partial charge < -0.3 is 5.73 Å². The predicted octanol–water partition coefficient (Wildman–Crippen LogP) is 3.50. The first-order chi connectivity index (χ1) is 8.06. The summed E-state index contributed by atoms with van der Waals surface area (Å²) in [7, 11) is 0. The van der Waals surface area contributed by atoms with Gasteiger partial charge in [0.05, 0.1) is 0 Å². The summed E-state index contributed by atoms with van der Waals surface area (Å²) in [5, 5.41) is 0. The third kappa shape index (κ3) is 2.52. The molecule has 0 spiro atoms. The molecule has 1 fully saturated rings. The van der Waals surface area contributed by atoms with Crippen LogP contribution in [0.4, 0.5) is 4.39 Å². The number of hydrogen-bond acceptors (Lipinski definition) is 1. The lowest BCUT2D eigenvalue weighted by Crippen LogP contribution is -2.37. The first-order valence-electron chi connectivity index (χ1n) is 6.52. The number of benzene rings is 1. The number of aryl methyl sites for hydroxylation is 3. The highest BCUT2D eigenvalue weighted by atomic mass is 19.1. The first-order valence-corrected chi connectivity index (χ1v) is 6.52. The normalized spacial score (nSPS) is 17.9. The minimum Gasteiger partial charge on any atom is -0.330 e. The van der Waals surface area contributed by atoms with E-state index in [4.69, 9.17) is 5.73 Å². The van der Waals surface area contributed by atoms with Gasteiger partial charge in [0.1, 0.15) is 5.82 Å². The molecule has 2 heteroatoms. The van der Waals surface area contributed by atoms with E-state index in [0.717, 1.165) is 30.5 Å². The molecule has 2 rings (SSSR count). The van der Waals surface area contributed by atoms with Crippen LogP contribution >= 0.6 is 0 Å². The number of hydrogen-bond donors (Lipinski definition) is 1. The highest BCUT2D eigenvalue weighted by molar-refractivity contribution is 5.30. The largest absolute Gasteiger partial charge is 0.330 e. The second kappa shape index (κ2) is 4.77. The van der Waals surface area contributed by atoms with Gasteiger partial charge in [-0.25, -0.2) is 4.39 Å². The average Bonchev–Trinajstić information content (AvgIpc) is 2.25. The summed E-state index contributed by atoms with van der Waals surface area (Å²) >= 11 is 0. The van der Waals surface area contributed by atoms with E-state index in [1.165, 1.54) is 24.8 Å². The molecule has 1 aliphatic carbocycles.